The topological polar surface area (TPSA) is 41.6 Å². The number of nitrogens with one attached hydrogen (secondary N) is 1. The maximum absolute atomic E-state index is 12.2. The average Bonchev–Trinajstić information content (AvgIpc) is 3.10. The maximum atomic E-state index is 12.2. The van der Waals surface area contributed by atoms with Crippen molar-refractivity contribution in [3.8, 4) is 0 Å². The molecule has 4 nitrogen and oxygen atoms in total. The van der Waals surface area contributed by atoms with Crippen molar-refractivity contribution in [2.45, 2.75) is 45.2 Å². The standard InChI is InChI=1S/C13H26N2O2/c1-6-14-13(11-7-8-11,12(16)17-5)9-15(4)10(2)3/h10-11,14H,6-9H2,1-5H3. The van der Waals surface area contributed by atoms with Gasteiger partial charge >= 0.3 is 5.97 Å². The molecule has 1 fully saturated rings. The fourth-order valence-corrected chi connectivity index (χ4v) is 2.28. The molecule has 0 aromatic heterocycles. The van der Waals surface area contributed by atoms with E-state index in [0.717, 1.165) is 25.9 Å². The first-order chi connectivity index (χ1) is 7.97. The third-order valence-corrected chi connectivity index (χ3v) is 3.70. The highest BCUT2D eigenvalue weighted by Crippen LogP contribution is 2.41. The van der Waals surface area contributed by atoms with Crippen molar-refractivity contribution >= 4 is 5.97 Å². The second-order valence-electron chi connectivity index (χ2n) is 5.28. The lowest BCUT2D eigenvalue weighted by Gasteiger charge is -2.37. The van der Waals surface area contributed by atoms with Gasteiger partial charge in [0.25, 0.3) is 0 Å². The molecule has 1 atom stereocenters. The molecule has 0 aromatic rings. The number of hydrogen-bond donors (Lipinski definition) is 1. The molecule has 1 aliphatic rings. The molecule has 4 heteroatoms. The first-order valence-electron chi connectivity index (χ1n) is 6.51. The van der Waals surface area contributed by atoms with E-state index in [4.69, 9.17) is 4.74 Å². The summed E-state index contributed by atoms with van der Waals surface area (Å²) in [4.78, 5) is 14.4. The van der Waals surface area contributed by atoms with Gasteiger partial charge in [-0.1, -0.05) is 6.92 Å². The van der Waals surface area contributed by atoms with E-state index in [1.54, 1.807) is 0 Å². The average molecular weight is 242 g/mol. The van der Waals surface area contributed by atoms with Crippen LogP contribution in [0.3, 0.4) is 0 Å². The van der Waals surface area contributed by atoms with E-state index in [2.05, 4.69) is 31.1 Å². The molecule has 0 saturated heterocycles. The van der Waals surface area contributed by atoms with Gasteiger partial charge in [0, 0.05) is 12.6 Å². The van der Waals surface area contributed by atoms with Gasteiger partial charge in [0.1, 0.15) is 5.54 Å². The van der Waals surface area contributed by atoms with E-state index in [-0.39, 0.29) is 5.97 Å². The molecular weight excluding hydrogens is 216 g/mol. The molecule has 0 aromatic carbocycles. The van der Waals surface area contributed by atoms with Gasteiger partial charge in [-0.3, -0.25) is 0 Å². The Morgan fingerprint density at radius 2 is 2.12 bits per heavy atom. The van der Waals surface area contributed by atoms with Crippen molar-refractivity contribution in [2.75, 3.05) is 27.2 Å². The minimum absolute atomic E-state index is 0.116. The number of carbonyl (C=O) groups is 1. The van der Waals surface area contributed by atoms with Crippen molar-refractivity contribution in [1.29, 1.82) is 0 Å². The fraction of sp³-hybridized carbons (Fsp3) is 0.923. The highest BCUT2D eigenvalue weighted by Gasteiger charge is 2.52. The van der Waals surface area contributed by atoms with Crippen LogP contribution in [0.5, 0.6) is 0 Å². The summed E-state index contributed by atoms with van der Waals surface area (Å²) < 4.78 is 5.02. The van der Waals surface area contributed by atoms with Crippen molar-refractivity contribution in [3.05, 3.63) is 0 Å². The zero-order valence-electron chi connectivity index (χ0n) is 11.7. The Labute approximate surface area is 105 Å². The Morgan fingerprint density at radius 1 is 1.53 bits per heavy atom. The van der Waals surface area contributed by atoms with Crippen molar-refractivity contribution in [2.24, 2.45) is 5.92 Å². The van der Waals surface area contributed by atoms with Crippen LogP contribution in [0.4, 0.5) is 0 Å². The largest absolute Gasteiger partial charge is 0.468 e. The zero-order valence-corrected chi connectivity index (χ0v) is 11.7. The van der Waals surface area contributed by atoms with Crippen molar-refractivity contribution in [1.82, 2.24) is 10.2 Å². The molecule has 0 bridgehead atoms. The van der Waals surface area contributed by atoms with Crippen LogP contribution < -0.4 is 5.32 Å². The van der Waals surface area contributed by atoms with Crippen LogP contribution in [0.15, 0.2) is 0 Å². The third-order valence-electron chi connectivity index (χ3n) is 3.70. The number of esters is 1. The van der Waals surface area contributed by atoms with Crippen LogP contribution in [0, 0.1) is 5.92 Å². The van der Waals surface area contributed by atoms with E-state index >= 15 is 0 Å². The molecule has 1 rings (SSSR count). The van der Waals surface area contributed by atoms with E-state index in [1.165, 1.54) is 7.11 Å². The van der Waals surface area contributed by atoms with Gasteiger partial charge in [-0.05, 0) is 46.2 Å². The zero-order chi connectivity index (χ0) is 13.1. The van der Waals surface area contributed by atoms with Gasteiger partial charge < -0.3 is 15.0 Å². The highest BCUT2D eigenvalue weighted by atomic mass is 16.5. The van der Waals surface area contributed by atoms with E-state index in [9.17, 15) is 4.79 Å². The van der Waals surface area contributed by atoms with Gasteiger partial charge in [-0.25, -0.2) is 4.79 Å². The number of likely N-dealkylation sites (N-methyl/N-ethyl adjacent to an activating group) is 2. The molecule has 0 amide bonds. The number of nitrogens with zero attached hydrogens (tertiary/aromatic N) is 1. The van der Waals surface area contributed by atoms with Gasteiger partial charge in [-0.15, -0.1) is 0 Å². The summed E-state index contributed by atoms with van der Waals surface area (Å²) >= 11 is 0. The summed E-state index contributed by atoms with van der Waals surface area (Å²) in [6.45, 7) is 7.82. The number of rotatable bonds is 7. The van der Waals surface area contributed by atoms with Gasteiger partial charge in [0.15, 0.2) is 0 Å². The van der Waals surface area contributed by atoms with E-state index in [1.807, 2.05) is 6.92 Å². The van der Waals surface area contributed by atoms with Gasteiger partial charge in [0.05, 0.1) is 7.11 Å². The summed E-state index contributed by atoms with van der Waals surface area (Å²) in [5, 5.41) is 3.38. The smallest absolute Gasteiger partial charge is 0.327 e. The second-order valence-corrected chi connectivity index (χ2v) is 5.28. The predicted octanol–water partition coefficient (Wildman–Crippen LogP) is 1.26. The van der Waals surface area contributed by atoms with Crippen LogP contribution >= 0.6 is 0 Å². The first kappa shape index (κ1) is 14.5. The van der Waals surface area contributed by atoms with Crippen molar-refractivity contribution < 1.29 is 9.53 Å². The Kier molecular flexibility index (Phi) is 4.95. The highest BCUT2D eigenvalue weighted by molar-refractivity contribution is 5.82. The lowest BCUT2D eigenvalue weighted by atomic mass is 9.91. The van der Waals surface area contributed by atoms with Crippen LogP contribution in [0.25, 0.3) is 0 Å². The van der Waals surface area contributed by atoms with Crippen LogP contribution in [-0.4, -0.2) is 49.7 Å². The van der Waals surface area contributed by atoms with Crippen LogP contribution in [0.2, 0.25) is 0 Å². The number of hydrogen-bond acceptors (Lipinski definition) is 4. The lowest BCUT2D eigenvalue weighted by molar-refractivity contribution is -0.150. The quantitative estimate of drug-likeness (QED) is 0.682. The van der Waals surface area contributed by atoms with E-state index in [0.29, 0.717) is 12.0 Å². The molecular formula is C13H26N2O2. The predicted molar refractivity (Wildman–Crippen MR) is 68.9 cm³/mol. The summed E-state index contributed by atoms with van der Waals surface area (Å²) in [6, 6.07) is 0.427. The number of carbonyl (C=O) groups excluding carboxylic acids is 1. The summed E-state index contributed by atoms with van der Waals surface area (Å²) in [5.41, 5.74) is -0.511. The molecule has 100 valence electrons. The molecule has 0 radical (unpaired) electrons. The van der Waals surface area contributed by atoms with Crippen molar-refractivity contribution in [3.63, 3.8) is 0 Å². The summed E-state index contributed by atoms with van der Waals surface area (Å²) in [5.74, 6) is 0.311. The molecule has 0 spiro atoms. The summed E-state index contributed by atoms with van der Waals surface area (Å²) in [6.07, 6.45) is 2.24. The van der Waals surface area contributed by atoms with Gasteiger partial charge in [-0.2, -0.15) is 0 Å². The Hall–Kier alpha value is -0.610. The minimum Gasteiger partial charge on any atom is -0.468 e. The van der Waals surface area contributed by atoms with E-state index < -0.39 is 5.54 Å². The Balaban J connectivity index is 2.85. The first-order valence-corrected chi connectivity index (χ1v) is 6.51. The van der Waals surface area contributed by atoms with Crippen LogP contribution in [0.1, 0.15) is 33.6 Å². The molecule has 0 aliphatic heterocycles. The third kappa shape index (κ3) is 3.19. The molecule has 1 unspecified atom stereocenters. The Bertz CT molecular complexity index is 264. The number of methoxy groups -OCH3 is 1. The van der Waals surface area contributed by atoms with Gasteiger partial charge in [0.2, 0.25) is 0 Å². The maximum Gasteiger partial charge on any atom is 0.327 e. The SMILES string of the molecule is CCNC(CN(C)C(C)C)(C(=O)OC)C1CC1. The molecule has 1 aliphatic carbocycles. The Morgan fingerprint density at radius 3 is 2.47 bits per heavy atom. The van der Waals surface area contributed by atoms with Crippen LogP contribution in [-0.2, 0) is 9.53 Å². The summed E-state index contributed by atoms with van der Waals surface area (Å²) in [7, 11) is 3.54. The number of ether oxygens (including phenoxy) is 1. The minimum atomic E-state index is -0.511. The molecule has 1 saturated carbocycles. The normalized spacial score (nSPS) is 19.5. The molecule has 1 N–H and O–H groups in total. The molecule has 0 heterocycles. The second kappa shape index (κ2) is 5.83. The fourth-order valence-electron chi connectivity index (χ4n) is 2.28. The lowest BCUT2D eigenvalue weighted by Crippen LogP contribution is -2.61. The molecule has 17 heavy (non-hydrogen) atoms. The monoisotopic (exact) mass is 242 g/mol.